The van der Waals surface area contributed by atoms with Gasteiger partial charge in [0.2, 0.25) is 11.8 Å². The number of aryl methyl sites for hydroxylation is 1. The largest absolute Gasteiger partial charge is 0.353 e. The molecule has 1 amide bonds. The molecular formula is C15H21F2N3O. The lowest BCUT2D eigenvalue weighted by Gasteiger charge is -2.28. The number of carbonyl (C=O) groups excluding carboxylic acids is 1. The quantitative estimate of drug-likeness (QED) is 0.875. The standard InChI is InChI=1S/C15H21F2N3O/c16-15(17)8-6-12(7-9-15)20-14(21)5-4-11-2-1-3-13(10-18)19-11/h1-3,12H,4-10,18H2,(H,20,21). The predicted octanol–water partition coefficient (Wildman–Crippen LogP) is 2.17. The molecule has 0 spiro atoms. The molecule has 6 heteroatoms. The summed E-state index contributed by atoms with van der Waals surface area (Å²) in [5, 5.41) is 2.83. The SMILES string of the molecule is NCc1cccc(CCC(=O)NC2CCC(F)(F)CC2)n1. The number of hydrogen-bond acceptors (Lipinski definition) is 3. The Morgan fingerprint density at radius 1 is 1.33 bits per heavy atom. The molecule has 3 N–H and O–H groups in total. The van der Waals surface area contributed by atoms with Crippen LogP contribution in [0.15, 0.2) is 18.2 Å². The van der Waals surface area contributed by atoms with E-state index in [9.17, 15) is 13.6 Å². The van der Waals surface area contributed by atoms with Gasteiger partial charge in [0.25, 0.3) is 0 Å². The molecule has 4 nitrogen and oxygen atoms in total. The van der Waals surface area contributed by atoms with E-state index in [-0.39, 0.29) is 24.8 Å². The topological polar surface area (TPSA) is 68.0 Å². The molecule has 0 aliphatic heterocycles. The Kier molecular flexibility index (Phi) is 5.22. The third-order valence-corrected chi connectivity index (χ3v) is 3.76. The number of hydrogen-bond donors (Lipinski definition) is 2. The normalized spacial score (nSPS) is 18.4. The van der Waals surface area contributed by atoms with Gasteiger partial charge in [-0.15, -0.1) is 0 Å². The van der Waals surface area contributed by atoms with Crippen molar-refractivity contribution in [3.8, 4) is 0 Å². The molecule has 1 saturated carbocycles. The van der Waals surface area contributed by atoms with Crippen molar-refractivity contribution < 1.29 is 13.6 Å². The number of nitrogens with zero attached hydrogens (tertiary/aromatic N) is 1. The van der Waals surface area contributed by atoms with Crippen LogP contribution in [0.3, 0.4) is 0 Å². The van der Waals surface area contributed by atoms with Gasteiger partial charge in [0.05, 0.1) is 5.69 Å². The van der Waals surface area contributed by atoms with Crippen LogP contribution >= 0.6 is 0 Å². The van der Waals surface area contributed by atoms with Gasteiger partial charge in [0.1, 0.15) is 0 Å². The molecule has 1 aliphatic rings. The molecule has 0 atom stereocenters. The van der Waals surface area contributed by atoms with E-state index in [1.54, 1.807) is 0 Å². The maximum absolute atomic E-state index is 13.0. The van der Waals surface area contributed by atoms with Crippen LogP contribution in [-0.2, 0) is 17.8 Å². The highest BCUT2D eigenvalue weighted by Gasteiger charge is 2.35. The lowest BCUT2D eigenvalue weighted by Crippen LogP contribution is -2.40. The highest BCUT2D eigenvalue weighted by molar-refractivity contribution is 5.76. The fraction of sp³-hybridized carbons (Fsp3) is 0.600. The number of pyridine rings is 1. The van der Waals surface area contributed by atoms with E-state index < -0.39 is 5.92 Å². The number of rotatable bonds is 5. The molecule has 1 aromatic heterocycles. The molecule has 2 rings (SSSR count). The molecule has 21 heavy (non-hydrogen) atoms. The number of halogens is 2. The second-order valence-corrected chi connectivity index (χ2v) is 5.52. The van der Waals surface area contributed by atoms with Crippen molar-refractivity contribution in [3.63, 3.8) is 0 Å². The van der Waals surface area contributed by atoms with E-state index in [1.165, 1.54) is 0 Å². The first kappa shape index (κ1) is 15.8. The summed E-state index contributed by atoms with van der Waals surface area (Å²) in [5.74, 6) is -2.67. The second kappa shape index (κ2) is 6.93. The monoisotopic (exact) mass is 297 g/mol. The first-order chi connectivity index (χ1) is 9.98. The minimum absolute atomic E-state index is 0.106. The molecule has 116 valence electrons. The number of amides is 1. The van der Waals surface area contributed by atoms with Crippen LogP contribution in [0.5, 0.6) is 0 Å². The van der Waals surface area contributed by atoms with Gasteiger partial charge >= 0.3 is 0 Å². The van der Waals surface area contributed by atoms with Crippen LogP contribution in [0.25, 0.3) is 0 Å². The van der Waals surface area contributed by atoms with Crippen molar-refractivity contribution in [2.45, 2.75) is 57.0 Å². The van der Waals surface area contributed by atoms with Crippen LogP contribution in [0.2, 0.25) is 0 Å². The molecule has 1 heterocycles. The summed E-state index contributed by atoms with van der Waals surface area (Å²) in [7, 11) is 0. The minimum Gasteiger partial charge on any atom is -0.353 e. The number of carbonyl (C=O) groups is 1. The van der Waals surface area contributed by atoms with E-state index in [0.717, 1.165) is 11.4 Å². The van der Waals surface area contributed by atoms with Crippen LogP contribution < -0.4 is 11.1 Å². The summed E-state index contributed by atoms with van der Waals surface area (Å²) in [4.78, 5) is 16.2. The molecule has 0 saturated heterocycles. The predicted molar refractivity (Wildman–Crippen MR) is 75.8 cm³/mol. The summed E-state index contributed by atoms with van der Waals surface area (Å²) in [6, 6.07) is 5.44. The van der Waals surface area contributed by atoms with Gasteiger partial charge in [0.15, 0.2) is 0 Å². The lowest BCUT2D eigenvalue weighted by atomic mass is 9.92. The van der Waals surface area contributed by atoms with Crippen LogP contribution in [0.1, 0.15) is 43.5 Å². The van der Waals surface area contributed by atoms with Gasteiger partial charge < -0.3 is 11.1 Å². The van der Waals surface area contributed by atoms with Gasteiger partial charge in [-0.25, -0.2) is 8.78 Å². The van der Waals surface area contributed by atoms with Crippen molar-refractivity contribution in [3.05, 3.63) is 29.6 Å². The average molecular weight is 297 g/mol. The highest BCUT2D eigenvalue weighted by Crippen LogP contribution is 2.32. The molecule has 0 radical (unpaired) electrons. The Bertz CT molecular complexity index is 484. The Balaban J connectivity index is 1.75. The maximum Gasteiger partial charge on any atom is 0.248 e. The third kappa shape index (κ3) is 5.04. The number of aromatic nitrogens is 1. The van der Waals surface area contributed by atoms with Crippen molar-refractivity contribution in [2.24, 2.45) is 5.73 Å². The van der Waals surface area contributed by atoms with Crippen LogP contribution in [-0.4, -0.2) is 22.9 Å². The zero-order valence-electron chi connectivity index (χ0n) is 11.9. The van der Waals surface area contributed by atoms with E-state index in [4.69, 9.17) is 5.73 Å². The van der Waals surface area contributed by atoms with E-state index in [2.05, 4.69) is 10.3 Å². The molecule has 1 fully saturated rings. The van der Waals surface area contributed by atoms with E-state index >= 15 is 0 Å². The maximum atomic E-state index is 13.0. The van der Waals surface area contributed by atoms with E-state index in [0.29, 0.717) is 32.2 Å². The molecule has 0 unspecified atom stereocenters. The fourth-order valence-electron chi connectivity index (χ4n) is 2.51. The average Bonchev–Trinajstić information content (AvgIpc) is 2.48. The van der Waals surface area contributed by atoms with Gasteiger partial charge in [-0.3, -0.25) is 9.78 Å². The zero-order valence-corrected chi connectivity index (χ0v) is 11.9. The Hall–Kier alpha value is -1.56. The first-order valence-electron chi connectivity index (χ1n) is 7.30. The zero-order chi connectivity index (χ0) is 15.3. The third-order valence-electron chi connectivity index (χ3n) is 3.76. The summed E-state index contributed by atoms with van der Waals surface area (Å²) >= 11 is 0. The Labute approximate surface area is 123 Å². The van der Waals surface area contributed by atoms with Crippen LogP contribution in [0.4, 0.5) is 8.78 Å². The molecular weight excluding hydrogens is 276 g/mol. The van der Waals surface area contributed by atoms with Crippen molar-refractivity contribution in [1.29, 1.82) is 0 Å². The summed E-state index contributed by atoms with van der Waals surface area (Å²) in [6.45, 7) is 0.371. The van der Waals surface area contributed by atoms with Crippen LogP contribution in [0, 0.1) is 0 Å². The summed E-state index contributed by atoms with van der Waals surface area (Å²) in [6.07, 6.45) is 1.26. The molecule has 0 bridgehead atoms. The number of nitrogens with one attached hydrogen (secondary N) is 1. The van der Waals surface area contributed by atoms with Gasteiger partial charge in [0, 0.05) is 37.5 Å². The van der Waals surface area contributed by atoms with Gasteiger partial charge in [-0.05, 0) is 31.4 Å². The summed E-state index contributed by atoms with van der Waals surface area (Å²) in [5.41, 5.74) is 7.13. The van der Waals surface area contributed by atoms with Crippen molar-refractivity contribution in [1.82, 2.24) is 10.3 Å². The Morgan fingerprint density at radius 2 is 2.00 bits per heavy atom. The molecule has 0 aromatic carbocycles. The van der Waals surface area contributed by atoms with Crippen molar-refractivity contribution in [2.75, 3.05) is 0 Å². The van der Waals surface area contributed by atoms with Gasteiger partial charge in [-0.2, -0.15) is 0 Å². The van der Waals surface area contributed by atoms with Crippen molar-refractivity contribution >= 4 is 5.91 Å². The minimum atomic E-state index is -2.56. The second-order valence-electron chi connectivity index (χ2n) is 5.52. The highest BCUT2D eigenvalue weighted by atomic mass is 19.3. The number of nitrogens with two attached hydrogens (primary N) is 1. The smallest absolute Gasteiger partial charge is 0.248 e. The Morgan fingerprint density at radius 3 is 2.67 bits per heavy atom. The molecule has 1 aliphatic carbocycles. The molecule has 1 aromatic rings. The fourth-order valence-corrected chi connectivity index (χ4v) is 2.51. The van der Waals surface area contributed by atoms with E-state index in [1.807, 2.05) is 18.2 Å². The summed E-state index contributed by atoms with van der Waals surface area (Å²) < 4.78 is 26.0. The lowest BCUT2D eigenvalue weighted by molar-refractivity contribution is -0.122. The number of alkyl halides is 2. The first-order valence-corrected chi connectivity index (χ1v) is 7.30. The van der Waals surface area contributed by atoms with Gasteiger partial charge in [-0.1, -0.05) is 6.07 Å².